The van der Waals surface area contributed by atoms with Crippen molar-refractivity contribution in [2.75, 3.05) is 5.32 Å². The summed E-state index contributed by atoms with van der Waals surface area (Å²) < 4.78 is 18.9. The third-order valence-electron chi connectivity index (χ3n) is 4.03. The van der Waals surface area contributed by atoms with Crippen LogP contribution < -0.4 is 15.5 Å². The molecule has 0 saturated heterocycles. The minimum atomic E-state index is -1.26. The molecule has 7 nitrogen and oxygen atoms in total. The van der Waals surface area contributed by atoms with Gasteiger partial charge in [0.1, 0.15) is 17.3 Å². The monoisotopic (exact) mass is 480 g/mol. The summed E-state index contributed by atoms with van der Waals surface area (Å²) in [6.45, 7) is 5.11. The molecule has 0 fully saturated rings. The Morgan fingerprint density at radius 1 is 1.16 bits per heavy atom. The number of ether oxygens (including phenoxy) is 1. The maximum absolute atomic E-state index is 13.2. The van der Waals surface area contributed by atoms with Crippen LogP contribution in [0.2, 0.25) is 10.0 Å². The molecule has 2 aromatic carbocycles. The fourth-order valence-corrected chi connectivity index (χ4v) is 3.07. The minimum absolute atomic E-state index is 0.0238. The van der Waals surface area contributed by atoms with E-state index >= 15 is 0 Å². The van der Waals surface area contributed by atoms with Gasteiger partial charge in [0.2, 0.25) is 0 Å². The number of hydroxylamine groups is 1. The van der Waals surface area contributed by atoms with E-state index < -0.39 is 17.6 Å². The SMILES string of the molecule is C=C/C(F)=C\C=C(/C)Cc1cc(Oc2c(Cl)cc(NC(=O)C(=O)NO)cc2Cl)ccc1O. The van der Waals surface area contributed by atoms with Gasteiger partial charge in [-0.25, -0.2) is 9.87 Å². The first-order valence-electron chi connectivity index (χ1n) is 9.04. The molecule has 0 heterocycles. The van der Waals surface area contributed by atoms with Crippen molar-refractivity contribution in [3.63, 3.8) is 0 Å². The lowest BCUT2D eigenvalue weighted by Gasteiger charge is -2.13. The number of benzene rings is 2. The number of phenols is 1. The summed E-state index contributed by atoms with van der Waals surface area (Å²) in [6, 6.07) is 7.12. The predicted molar refractivity (Wildman–Crippen MR) is 120 cm³/mol. The lowest BCUT2D eigenvalue weighted by molar-refractivity contribution is -0.141. The molecule has 0 aromatic heterocycles. The van der Waals surface area contributed by atoms with Gasteiger partial charge in [-0.2, -0.15) is 0 Å². The molecule has 0 aliphatic heterocycles. The van der Waals surface area contributed by atoms with Gasteiger partial charge in [-0.15, -0.1) is 0 Å². The van der Waals surface area contributed by atoms with Crippen molar-refractivity contribution in [2.24, 2.45) is 0 Å². The summed E-state index contributed by atoms with van der Waals surface area (Å²) in [4.78, 5) is 22.6. The molecule has 0 radical (unpaired) electrons. The van der Waals surface area contributed by atoms with E-state index in [0.29, 0.717) is 17.7 Å². The molecule has 0 atom stereocenters. The molecule has 168 valence electrons. The van der Waals surface area contributed by atoms with Gasteiger partial charge in [-0.3, -0.25) is 14.8 Å². The average Bonchev–Trinajstić information content (AvgIpc) is 2.75. The van der Waals surface area contributed by atoms with Crippen molar-refractivity contribution >= 4 is 40.7 Å². The van der Waals surface area contributed by atoms with Crippen LogP contribution in [-0.4, -0.2) is 22.1 Å². The molecule has 0 aliphatic carbocycles. The molecule has 0 bridgehead atoms. The minimum Gasteiger partial charge on any atom is -0.508 e. The Labute approximate surface area is 193 Å². The van der Waals surface area contributed by atoms with Crippen LogP contribution in [0.25, 0.3) is 0 Å². The van der Waals surface area contributed by atoms with E-state index in [1.165, 1.54) is 35.8 Å². The first kappa shape index (κ1) is 24.9. The summed E-state index contributed by atoms with van der Waals surface area (Å²) in [5.41, 5.74) is 2.61. The van der Waals surface area contributed by atoms with E-state index in [0.717, 1.165) is 11.6 Å². The average molecular weight is 481 g/mol. The molecule has 0 spiro atoms. The van der Waals surface area contributed by atoms with Crippen molar-refractivity contribution in [2.45, 2.75) is 13.3 Å². The smallest absolute Gasteiger partial charge is 0.332 e. The van der Waals surface area contributed by atoms with Crippen molar-refractivity contribution in [3.05, 3.63) is 82.1 Å². The molecule has 2 rings (SSSR count). The van der Waals surface area contributed by atoms with Crippen molar-refractivity contribution in [3.8, 4) is 17.2 Å². The Morgan fingerprint density at radius 2 is 1.81 bits per heavy atom. The number of hydrogen-bond acceptors (Lipinski definition) is 5. The molecule has 10 heteroatoms. The number of nitrogens with one attached hydrogen (secondary N) is 2. The Morgan fingerprint density at radius 3 is 2.41 bits per heavy atom. The molecule has 32 heavy (non-hydrogen) atoms. The van der Waals surface area contributed by atoms with Crippen LogP contribution in [0, 0.1) is 0 Å². The van der Waals surface area contributed by atoms with Gasteiger partial charge < -0.3 is 15.2 Å². The van der Waals surface area contributed by atoms with Crippen molar-refractivity contribution in [1.29, 1.82) is 0 Å². The van der Waals surface area contributed by atoms with E-state index in [1.54, 1.807) is 19.1 Å². The zero-order chi connectivity index (χ0) is 23.8. The zero-order valence-corrected chi connectivity index (χ0v) is 18.3. The number of halogens is 3. The molecule has 4 N–H and O–H groups in total. The summed E-state index contributed by atoms with van der Waals surface area (Å²) in [7, 11) is 0. The van der Waals surface area contributed by atoms with Gasteiger partial charge >= 0.3 is 11.8 Å². The van der Waals surface area contributed by atoms with Gasteiger partial charge in [-0.1, -0.05) is 41.4 Å². The van der Waals surface area contributed by atoms with E-state index in [1.807, 2.05) is 0 Å². The standard InChI is InChI=1S/C22H19Cl2FN2O5/c1-3-14(25)5-4-12(2)8-13-9-16(6-7-19(13)28)32-20-17(23)10-15(11-18(20)24)26-21(29)22(30)27-31/h3-7,9-11,28,31H,1,8H2,2H3,(H,26,29)(H,27,30)/b12-4+,14-5+. The Bertz CT molecular complexity index is 1090. The number of amides is 2. The fraction of sp³-hybridized carbons (Fsp3) is 0.0909. The number of anilines is 1. The number of phenolic OH excluding ortho intramolecular Hbond substituents is 1. The van der Waals surface area contributed by atoms with Crippen molar-refractivity contribution < 1.29 is 29.0 Å². The molecular weight excluding hydrogens is 462 g/mol. The van der Waals surface area contributed by atoms with Crippen LogP contribution >= 0.6 is 23.2 Å². The van der Waals surface area contributed by atoms with E-state index in [4.69, 9.17) is 33.1 Å². The third-order valence-corrected chi connectivity index (χ3v) is 4.59. The number of allylic oxidation sites excluding steroid dienone is 5. The number of aromatic hydroxyl groups is 1. The summed E-state index contributed by atoms with van der Waals surface area (Å²) in [5, 5.41) is 20.9. The maximum atomic E-state index is 13.2. The molecule has 0 aliphatic rings. The van der Waals surface area contributed by atoms with Gasteiger partial charge in [-0.05, 0) is 55.8 Å². The first-order valence-corrected chi connectivity index (χ1v) is 9.79. The number of hydrogen-bond donors (Lipinski definition) is 4. The Balaban J connectivity index is 2.24. The molecule has 2 amide bonds. The highest BCUT2D eigenvalue weighted by Crippen LogP contribution is 2.39. The zero-order valence-electron chi connectivity index (χ0n) is 16.8. The molecule has 0 saturated carbocycles. The summed E-state index contributed by atoms with van der Waals surface area (Å²) >= 11 is 12.4. The van der Waals surface area contributed by atoms with Crippen LogP contribution in [0.4, 0.5) is 10.1 Å². The summed E-state index contributed by atoms with van der Waals surface area (Å²) in [6.07, 6.45) is 4.25. The largest absolute Gasteiger partial charge is 0.508 e. The summed E-state index contributed by atoms with van der Waals surface area (Å²) in [5.74, 6) is -2.44. The van der Waals surface area contributed by atoms with E-state index in [9.17, 15) is 19.1 Å². The van der Waals surface area contributed by atoms with Crippen LogP contribution in [-0.2, 0) is 16.0 Å². The highest BCUT2D eigenvalue weighted by Gasteiger charge is 2.16. The number of carbonyl (C=O) groups excluding carboxylic acids is 2. The third kappa shape index (κ3) is 6.84. The fourth-order valence-electron chi connectivity index (χ4n) is 2.50. The second kappa shape index (κ2) is 11.3. The van der Waals surface area contributed by atoms with Gasteiger partial charge in [0.05, 0.1) is 10.0 Å². The highest BCUT2D eigenvalue weighted by atomic mass is 35.5. The van der Waals surface area contributed by atoms with E-state index in [2.05, 4.69) is 11.9 Å². The van der Waals surface area contributed by atoms with E-state index in [-0.39, 0.29) is 27.2 Å². The second-order valence-electron chi connectivity index (χ2n) is 6.50. The molecule has 0 unspecified atom stereocenters. The predicted octanol–water partition coefficient (Wildman–Crippen LogP) is 5.46. The lowest BCUT2D eigenvalue weighted by atomic mass is 10.0. The van der Waals surface area contributed by atoms with Gasteiger partial charge in [0.25, 0.3) is 0 Å². The van der Waals surface area contributed by atoms with Gasteiger partial charge in [0.15, 0.2) is 5.75 Å². The van der Waals surface area contributed by atoms with Crippen LogP contribution in [0.1, 0.15) is 12.5 Å². The number of rotatable bonds is 7. The van der Waals surface area contributed by atoms with Crippen LogP contribution in [0.5, 0.6) is 17.2 Å². The van der Waals surface area contributed by atoms with Gasteiger partial charge in [0, 0.05) is 11.3 Å². The van der Waals surface area contributed by atoms with Crippen LogP contribution in [0.3, 0.4) is 0 Å². The maximum Gasteiger partial charge on any atom is 0.332 e. The number of carbonyl (C=O) groups is 2. The quantitative estimate of drug-likeness (QED) is 0.182. The van der Waals surface area contributed by atoms with Crippen LogP contribution in [0.15, 0.2) is 66.5 Å². The molecular formula is C22H19Cl2FN2O5. The molecule has 2 aromatic rings. The highest BCUT2D eigenvalue weighted by molar-refractivity contribution is 6.40. The Hall–Kier alpha value is -3.33. The topological polar surface area (TPSA) is 108 Å². The second-order valence-corrected chi connectivity index (χ2v) is 7.32. The van der Waals surface area contributed by atoms with Crippen molar-refractivity contribution in [1.82, 2.24) is 5.48 Å². The first-order chi connectivity index (χ1) is 15.1. The lowest BCUT2D eigenvalue weighted by Crippen LogP contribution is -2.33. The Kier molecular flexibility index (Phi) is 8.83. The normalized spacial score (nSPS) is 11.7.